The van der Waals surface area contributed by atoms with Crippen molar-refractivity contribution in [1.82, 2.24) is 0 Å². The van der Waals surface area contributed by atoms with Gasteiger partial charge in [-0.1, -0.05) is 6.07 Å². The lowest BCUT2D eigenvalue weighted by Gasteiger charge is -2.22. The van der Waals surface area contributed by atoms with E-state index in [1.54, 1.807) is 10.3 Å². The van der Waals surface area contributed by atoms with Gasteiger partial charge in [0.25, 0.3) is 0 Å². The van der Waals surface area contributed by atoms with Crippen molar-refractivity contribution in [3.63, 3.8) is 0 Å². The Bertz CT molecular complexity index is 922. The summed E-state index contributed by atoms with van der Waals surface area (Å²) in [5.74, 6) is -1.87. The van der Waals surface area contributed by atoms with Gasteiger partial charge in [0, 0.05) is 23.6 Å². The first-order chi connectivity index (χ1) is 11.3. The van der Waals surface area contributed by atoms with Crippen LogP contribution in [0.2, 0.25) is 0 Å². The van der Waals surface area contributed by atoms with Gasteiger partial charge in [0.1, 0.15) is 22.3 Å². The lowest BCUT2D eigenvalue weighted by atomic mass is 10.1. The molecular weight excluding hydrogens is 359 g/mol. The van der Waals surface area contributed by atoms with Crippen molar-refractivity contribution < 1.29 is 21.6 Å². The van der Waals surface area contributed by atoms with Crippen LogP contribution in [0.4, 0.5) is 18.9 Å². The maximum atomic E-state index is 14.1. The Morgan fingerprint density at radius 2 is 1.71 bits per heavy atom. The molecule has 1 aliphatic rings. The molecule has 126 valence electrons. The molecule has 1 heterocycles. The topological polar surface area (TPSA) is 37.4 Å². The second-order valence-electron chi connectivity index (χ2n) is 5.27. The fraction of sp³-hybridized carbons (Fsp3) is 0.125. The van der Waals surface area contributed by atoms with Crippen molar-refractivity contribution in [3.8, 4) is 0 Å². The summed E-state index contributed by atoms with van der Waals surface area (Å²) < 4.78 is 64.0. The molecule has 0 saturated carbocycles. The van der Waals surface area contributed by atoms with E-state index in [0.29, 0.717) is 22.8 Å². The fourth-order valence-electron chi connectivity index (χ4n) is 2.42. The van der Waals surface area contributed by atoms with E-state index < -0.39 is 27.3 Å². The highest BCUT2D eigenvalue weighted by Crippen LogP contribution is 2.36. The number of sulfone groups is 1. The molecule has 2 aromatic rings. The van der Waals surface area contributed by atoms with Gasteiger partial charge in [-0.25, -0.2) is 21.6 Å². The molecule has 0 unspecified atom stereocenters. The van der Waals surface area contributed by atoms with Crippen molar-refractivity contribution in [1.29, 1.82) is 0 Å². The van der Waals surface area contributed by atoms with Gasteiger partial charge in [-0.3, -0.25) is 0 Å². The van der Waals surface area contributed by atoms with E-state index in [2.05, 4.69) is 0 Å². The van der Waals surface area contributed by atoms with E-state index in [0.717, 1.165) is 18.4 Å². The molecule has 0 fully saturated rings. The molecule has 24 heavy (non-hydrogen) atoms. The Hall–Kier alpha value is -1.93. The molecule has 3 rings (SSSR count). The summed E-state index contributed by atoms with van der Waals surface area (Å²) >= 11 is 1.39. The van der Waals surface area contributed by atoms with Gasteiger partial charge >= 0.3 is 0 Å². The molecule has 0 radical (unpaired) electrons. The highest BCUT2D eigenvalue weighted by Gasteiger charge is 2.22. The second-order valence-corrected chi connectivity index (χ2v) is 8.08. The summed E-state index contributed by atoms with van der Waals surface area (Å²) in [5, 5.41) is 1.73. The normalized spacial score (nSPS) is 14.8. The van der Waals surface area contributed by atoms with Gasteiger partial charge in [-0.15, -0.1) is 11.8 Å². The van der Waals surface area contributed by atoms with E-state index in [4.69, 9.17) is 0 Å². The van der Waals surface area contributed by atoms with Crippen LogP contribution in [0, 0.1) is 17.5 Å². The van der Waals surface area contributed by atoms with Crippen molar-refractivity contribution >= 4 is 33.0 Å². The minimum Gasteiger partial charge on any atom is -0.330 e. The number of anilines is 1. The van der Waals surface area contributed by atoms with Crippen LogP contribution in [-0.4, -0.2) is 20.6 Å². The number of hydrogen-bond acceptors (Lipinski definition) is 4. The Morgan fingerprint density at radius 3 is 2.29 bits per heavy atom. The van der Waals surface area contributed by atoms with Gasteiger partial charge in [0.2, 0.25) is 0 Å². The third-order valence-electron chi connectivity index (χ3n) is 3.48. The molecular formula is C16H12F3NO2S2. The highest BCUT2D eigenvalue weighted by molar-refractivity contribution is 8.02. The van der Waals surface area contributed by atoms with Crippen molar-refractivity contribution in [2.75, 3.05) is 17.0 Å². The van der Waals surface area contributed by atoms with Gasteiger partial charge < -0.3 is 4.90 Å². The maximum Gasteiger partial charge on any atom is 0.178 e. The van der Waals surface area contributed by atoms with E-state index in [9.17, 15) is 21.6 Å². The molecule has 0 saturated heterocycles. The van der Waals surface area contributed by atoms with Crippen LogP contribution in [0.25, 0.3) is 5.70 Å². The van der Waals surface area contributed by atoms with Crippen LogP contribution in [0.1, 0.15) is 5.56 Å². The van der Waals surface area contributed by atoms with Crippen LogP contribution < -0.4 is 4.90 Å². The summed E-state index contributed by atoms with van der Waals surface area (Å²) in [5.41, 5.74) is 1.27. The molecule has 1 aliphatic heterocycles. The first-order valence-corrected chi connectivity index (χ1v) is 9.75. The van der Waals surface area contributed by atoms with Crippen LogP contribution in [0.3, 0.4) is 0 Å². The Labute approximate surface area is 141 Å². The molecule has 3 nitrogen and oxygen atoms in total. The smallest absolute Gasteiger partial charge is 0.178 e. The maximum absolute atomic E-state index is 14.1. The highest BCUT2D eigenvalue weighted by atomic mass is 32.2. The number of rotatable bonds is 3. The van der Waals surface area contributed by atoms with Crippen LogP contribution in [0.15, 0.2) is 46.7 Å². The Morgan fingerprint density at radius 1 is 1.04 bits per heavy atom. The van der Waals surface area contributed by atoms with Gasteiger partial charge in [0.15, 0.2) is 9.84 Å². The molecule has 0 bridgehead atoms. The summed E-state index contributed by atoms with van der Waals surface area (Å²) in [6, 6.07) is 6.91. The molecule has 0 aromatic heterocycles. The number of thioether (sulfide) groups is 1. The van der Waals surface area contributed by atoms with Gasteiger partial charge in [-0.2, -0.15) is 0 Å². The molecule has 0 atom stereocenters. The molecule has 0 spiro atoms. The first kappa shape index (κ1) is 16.9. The summed E-state index contributed by atoms with van der Waals surface area (Å²) in [7, 11) is -3.66. The molecule has 0 amide bonds. The van der Waals surface area contributed by atoms with Crippen LogP contribution in [0.5, 0.6) is 0 Å². The average molecular weight is 371 g/mol. The zero-order valence-corrected chi connectivity index (χ0v) is 14.1. The lowest BCUT2D eigenvalue weighted by molar-refractivity contribution is 0.570. The van der Waals surface area contributed by atoms with E-state index in [1.807, 2.05) is 0 Å². The number of halogens is 3. The van der Waals surface area contributed by atoms with E-state index in [1.165, 1.54) is 36.0 Å². The SMILES string of the molecule is CS(=O)(=O)c1ccc(C2=CSCN2c2cc(F)cc(F)c2)cc1F. The summed E-state index contributed by atoms with van der Waals surface area (Å²) in [6.45, 7) is 0. The third kappa shape index (κ3) is 3.29. The van der Waals surface area contributed by atoms with E-state index >= 15 is 0 Å². The minimum absolute atomic E-state index is 0.302. The Balaban J connectivity index is 2.01. The fourth-order valence-corrected chi connectivity index (χ4v) is 4.08. The molecule has 2 aromatic carbocycles. The van der Waals surface area contributed by atoms with Crippen molar-refractivity contribution in [3.05, 3.63) is 64.8 Å². The minimum atomic E-state index is -3.66. The van der Waals surface area contributed by atoms with Crippen LogP contribution in [-0.2, 0) is 9.84 Å². The zero-order chi connectivity index (χ0) is 17.5. The standard InChI is InChI=1S/C16H12F3NO2S2/c1-24(21,22)16-3-2-10(4-14(16)19)15-8-23-9-20(15)13-6-11(17)5-12(18)7-13/h2-8H,9H2,1H3. The first-order valence-electron chi connectivity index (χ1n) is 6.81. The van der Waals surface area contributed by atoms with Crippen molar-refractivity contribution in [2.45, 2.75) is 4.90 Å². The Kier molecular flexibility index (Phi) is 4.35. The quantitative estimate of drug-likeness (QED) is 0.817. The largest absolute Gasteiger partial charge is 0.330 e. The van der Waals surface area contributed by atoms with Crippen LogP contribution >= 0.6 is 11.8 Å². The van der Waals surface area contributed by atoms with Gasteiger partial charge in [-0.05, 0) is 29.7 Å². The average Bonchev–Trinajstić information content (AvgIpc) is 2.94. The second kappa shape index (κ2) is 6.18. The summed E-state index contributed by atoms with van der Waals surface area (Å²) in [4.78, 5) is 1.24. The molecule has 0 aliphatic carbocycles. The monoisotopic (exact) mass is 371 g/mol. The van der Waals surface area contributed by atoms with Gasteiger partial charge in [0.05, 0.1) is 11.6 Å². The lowest BCUT2D eigenvalue weighted by Crippen LogP contribution is -2.17. The number of hydrogen-bond donors (Lipinski definition) is 0. The van der Waals surface area contributed by atoms with Crippen molar-refractivity contribution in [2.24, 2.45) is 0 Å². The van der Waals surface area contributed by atoms with E-state index in [-0.39, 0.29) is 4.90 Å². The predicted octanol–water partition coefficient (Wildman–Crippen LogP) is 4.02. The third-order valence-corrected chi connectivity index (χ3v) is 5.40. The number of nitrogens with zero attached hydrogens (tertiary/aromatic N) is 1. The number of benzene rings is 2. The molecule has 8 heteroatoms. The molecule has 0 N–H and O–H groups in total. The summed E-state index contributed by atoms with van der Waals surface area (Å²) in [6.07, 6.45) is 0.928. The predicted molar refractivity (Wildman–Crippen MR) is 88.8 cm³/mol. The zero-order valence-electron chi connectivity index (χ0n) is 12.5.